The van der Waals surface area contributed by atoms with E-state index in [1.54, 1.807) is 12.1 Å². The van der Waals surface area contributed by atoms with Crippen LogP contribution >= 0.6 is 0 Å². The minimum Gasteiger partial charge on any atom is -0.493 e. The van der Waals surface area contributed by atoms with Crippen LogP contribution in [0, 0.1) is 5.82 Å². The summed E-state index contributed by atoms with van der Waals surface area (Å²) in [4.78, 5) is 32.8. The molecule has 3 rings (SSSR count). The van der Waals surface area contributed by atoms with Crippen molar-refractivity contribution in [3.63, 3.8) is 0 Å². The molecule has 0 unspecified atom stereocenters. The number of aromatic nitrogens is 2. The van der Waals surface area contributed by atoms with Crippen LogP contribution in [0.15, 0.2) is 63.1 Å². The van der Waals surface area contributed by atoms with Gasteiger partial charge >= 0.3 is 5.69 Å². The third-order valence-electron chi connectivity index (χ3n) is 4.53. The summed E-state index contributed by atoms with van der Waals surface area (Å²) < 4.78 is 14.0. The molecule has 0 fully saturated rings. The number of hydrogen-bond donors (Lipinski definition) is 2. The monoisotopic (exact) mass is 396 g/mol. The summed E-state index contributed by atoms with van der Waals surface area (Å²) >= 11 is 0. The van der Waals surface area contributed by atoms with E-state index in [1.165, 1.54) is 18.3 Å². The first-order valence-electron chi connectivity index (χ1n) is 9.18. The van der Waals surface area contributed by atoms with Crippen molar-refractivity contribution in [1.82, 2.24) is 9.55 Å². The van der Waals surface area contributed by atoms with E-state index < -0.39 is 22.9 Å². The summed E-state index contributed by atoms with van der Waals surface area (Å²) in [5, 5.41) is 10.5. The number of benzene rings is 2. The van der Waals surface area contributed by atoms with Crippen LogP contribution in [0.4, 0.5) is 15.8 Å². The predicted molar refractivity (Wildman–Crippen MR) is 112 cm³/mol. The lowest BCUT2D eigenvalue weighted by atomic mass is 10.2. The van der Waals surface area contributed by atoms with E-state index >= 15 is 0 Å². The standard InChI is InChI=1S/C21H21FN4O3/c1-3-25(4-2)16-11-7-15(8-12-16)23-13-18-19(27)24-21(29)26(20(18)28)17-9-5-14(22)6-10-17/h5-13,28H,3-4H2,1-2H3,(H,24,27,29). The van der Waals surface area contributed by atoms with Crippen LogP contribution in [-0.4, -0.2) is 34.0 Å². The van der Waals surface area contributed by atoms with Crippen molar-refractivity contribution in [2.75, 3.05) is 18.0 Å². The summed E-state index contributed by atoms with van der Waals surface area (Å²) in [6.45, 7) is 5.90. The largest absolute Gasteiger partial charge is 0.493 e. The molecule has 8 heteroatoms. The van der Waals surface area contributed by atoms with Gasteiger partial charge in [0.05, 0.1) is 11.4 Å². The van der Waals surface area contributed by atoms with Crippen LogP contribution in [0.2, 0.25) is 0 Å². The van der Waals surface area contributed by atoms with Crippen molar-refractivity contribution in [2.45, 2.75) is 13.8 Å². The lowest BCUT2D eigenvalue weighted by Gasteiger charge is -2.20. The first-order valence-corrected chi connectivity index (χ1v) is 9.18. The first-order chi connectivity index (χ1) is 13.9. The van der Waals surface area contributed by atoms with Gasteiger partial charge in [-0.1, -0.05) is 0 Å². The molecule has 2 aromatic carbocycles. The van der Waals surface area contributed by atoms with Gasteiger partial charge in [0.1, 0.15) is 11.4 Å². The molecule has 3 aromatic rings. The number of anilines is 1. The van der Waals surface area contributed by atoms with E-state index in [2.05, 4.69) is 28.7 Å². The van der Waals surface area contributed by atoms with Gasteiger partial charge in [-0.3, -0.25) is 14.8 Å². The molecule has 0 aliphatic carbocycles. The highest BCUT2D eigenvalue weighted by atomic mass is 19.1. The Bertz CT molecular complexity index is 1130. The zero-order chi connectivity index (χ0) is 21.0. The second-order valence-corrected chi connectivity index (χ2v) is 6.26. The van der Waals surface area contributed by atoms with Crippen LogP contribution in [0.5, 0.6) is 5.88 Å². The van der Waals surface area contributed by atoms with Gasteiger partial charge in [0.2, 0.25) is 5.88 Å². The number of nitrogens with one attached hydrogen (secondary N) is 1. The molecule has 0 spiro atoms. The summed E-state index contributed by atoms with van der Waals surface area (Å²) in [5.74, 6) is -1.06. The molecule has 1 aromatic heterocycles. The van der Waals surface area contributed by atoms with Crippen LogP contribution in [-0.2, 0) is 0 Å². The number of halogens is 1. The molecule has 2 N–H and O–H groups in total. The summed E-state index contributed by atoms with van der Waals surface area (Å²) in [5.41, 5.74) is 0.0677. The highest BCUT2D eigenvalue weighted by Gasteiger charge is 2.14. The highest BCUT2D eigenvalue weighted by Crippen LogP contribution is 2.21. The lowest BCUT2D eigenvalue weighted by molar-refractivity contribution is 0.430. The number of aliphatic imine (C=N–C) groups is 1. The smallest absolute Gasteiger partial charge is 0.335 e. The fraction of sp³-hybridized carbons (Fsp3) is 0.190. The Morgan fingerprint density at radius 3 is 2.28 bits per heavy atom. The predicted octanol–water partition coefficient (Wildman–Crippen LogP) is 2.97. The highest BCUT2D eigenvalue weighted by molar-refractivity contribution is 5.84. The Labute approximate surface area is 166 Å². The van der Waals surface area contributed by atoms with Crippen molar-refractivity contribution < 1.29 is 9.50 Å². The molecule has 0 aliphatic rings. The molecule has 150 valence electrons. The van der Waals surface area contributed by atoms with E-state index in [0.29, 0.717) is 5.69 Å². The third-order valence-corrected chi connectivity index (χ3v) is 4.53. The molecule has 0 radical (unpaired) electrons. The molecule has 0 atom stereocenters. The van der Waals surface area contributed by atoms with E-state index in [1.807, 2.05) is 12.1 Å². The topological polar surface area (TPSA) is 90.7 Å². The second-order valence-electron chi connectivity index (χ2n) is 6.26. The van der Waals surface area contributed by atoms with E-state index in [4.69, 9.17) is 0 Å². The van der Waals surface area contributed by atoms with Crippen LogP contribution < -0.4 is 16.1 Å². The maximum absolute atomic E-state index is 13.1. The lowest BCUT2D eigenvalue weighted by Crippen LogP contribution is -2.31. The number of H-pyrrole nitrogens is 1. The summed E-state index contributed by atoms with van der Waals surface area (Å²) in [6.07, 6.45) is 1.19. The minimum atomic E-state index is -0.833. The summed E-state index contributed by atoms with van der Waals surface area (Å²) in [7, 11) is 0. The molecule has 0 amide bonds. The van der Waals surface area contributed by atoms with Gasteiger partial charge in [0.25, 0.3) is 5.56 Å². The fourth-order valence-corrected chi connectivity index (χ4v) is 2.96. The molecular formula is C21H21FN4O3. The Balaban J connectivity index is 1.97. The van der Waals surface area contributed by atoms with Gasteiger partial charge in [0.15, 0.2) is 0 Å². The van der Waals surface area contributed by atoms with E-state index in [-0.39, 0.29) is 11.3 Å². The van der Waals surface area contributed by atoms with Crippen LogP contribution in [0.3, 0.4) is 0 Å². The van der Waals surface area contributed by atoms with Crippen LogP contribution in [0.1, 0.15) is 19.4 Å². The molecule has 0 saturated heterocycles. The Morgan fingerprint density at radius 2 is 1.69 bits per heavy atom. The number of nitrogens with zero attached hydrogens (tertiary/aromatic N) is 3. The molecular weight excluding hydrogens is 375 g/mol. The van der Waals surface area contributed by atoms with Crippen molar-refractivity contribution in [1.29, 1.82) is 0 Å². The van der Waals surface area contributed by atoms with Crippen LogP contribution in [0.25, 0.3) is 5.69 Å². The van der Waals surface area contributed by atoms with Crippen molar-refractivity contribution in [3.05, 3.63) is 80.7 Å². The maximum Gasteiger partial charge on any atom is 0.335 e. The van der Waals surface area contributed by atoms with Crippen molar-refractivity contribution >= 4 is 17.6 Å². The van der Waals surface area contributed by atoms with Crippen molar-refractivity contribution in [2.24, 2.45) is 4.99 Å². The quantitative estimate of drug-likeness (QED) is 0.627. The van der Waals surface area contributed by atoms with Gasteiger partial charge in [0, 0.05) is 25.0 Å². The van der Waals surface area contributed by atoms with E-state index in [0.717, 1.165) is 35.5 Å². The summed E-state index contributed by atoms with van der Waals surface area (Å²) in [6, 6.07) is 12.4. The molecule has 0 saturated carbocycles. The fourth-order valence-electron chi connectivity index (χ4n) is 2.96. The number of hydrogen-bond acceptors (Lipinski definition) is 5. The SMILES string of the molecule is CCN(CC)c1ccc(N=Cc2c(O)n(-c3ccc(F)cc3)c(=O)[nH]c2=O)cc1. The second kappa shape index (κ2) is 8.55. The van der Waals surface area contributed by atoms with Gasteiger partial charge in [-0.2, -0.15) is 0 Å². The third kappa shape index (κ3) is 4.26. The number of aromatic amines is 1. The van der Waals surface area contributed by atoms with Gasteiger partial charge in [-0.15, -0.1) is 0 Å². The average Bonchev–Trinajstić information content (AvgIpc) is 2.71. The zero-order valence-electron chi connectivity index (χ0n) is 16.1. The Kier molecular flexibility index (Phi) is 5.92. The number of rotatable bonds is 6. The normalized spacial score (nSPS) is 11.1. The van der Waals surface area contributed by atoms with Crippen molar-refractivity contribution in [3.8, 4) is 11.6 Å². The van der Waals surface area contributed by atoms with Gasteiger partial charge in [-0.25, -0.2) is 13.8 Å². The maximum atomic E-state index is 13.1. The first kappa shape index (κ1) is 20.1. The Morgan fingerprint density at radius 1 is 1.07 bits per heavy atom. The molecule has 29 heavy (non-hydrogen) atoms. The Hall–Kier alpha value is -3.68. The average molecular weight is 396 g/mol. The molecule has 7 nitrogen and oxygen atoms in total. The molecule has 0 aliphatic heterocycles. The number of aromatic hydroxyl groups is 1. The van der Waals surface area contributed by atoms with E-state index in [9.17, 15) is 19.1 Å². The van der Waals surface area contributed by atoms with Gasteiger partial charge in [-0.05, 0) is 62.4 Å². The minimum absolute atomic E-state index is 0.179. The molecule has 1 heterocycles. The molecule has 0 bridgehead atoms. The zero-order valence-corrected chi connectivity index (χ0v) is 16.1. The van der Waals surface area contributed by atoms with Gasteiger partial charge < -0.3 is 10.0 Å².